The Labute approximate surface area is 166 Å². The molecular formula is C20H18F3N3O2S. The fourth-order valence-corrected chi connectivity index (χ4v) is 5.27. The average molecular weight is 421 g/mol. The van der Waals surface area contributed by atoms with Gasteiger partial charge >= 0.3 is 6.18 Å². The van der Waals surface area contributed by atoms with Gasteiger partial charge in [0.05, 0.1) is 26.6 Å². The van der Waals surface area contributed by atoms with Gasteiger partial charge in [-0.2, -0.15) is 13.2 Å². The summed E-state index contributed by atoms with van der Waals surface area (Å²) in [7, 11) is -4.25. The molecule has 1 aromatic heterocycles. The van der Waals surface area contributed by atoms with Crippen LogP contribution in [0.5, 0.6) is 0 Å². The topological polar surface area (TPSA) is 62.3 Å². The van der Waals surface area contributed by atoms with Gasteiger partial charge in [-0.15, -0.1) is 0 Å². The summed E-state index contributed by atoms with van der Waals surface area (Å²) >= 11 is 0. The molecule has 9 heteroatoms. The molecule has 5 nitrogen and oxygen atoms in total. The number of nitrogens with zero attached hydrogens (tertiary/aromatic N) is 2. The van der Waals surface area contributed by atoms with Crippen LogP contribution in [0.15, 0.2) is 64.5 Å². The number of hydrogen-bond acceptors (Lipinski definition) is 5. The molecule has 4 rings (SSSR count). The molecule has 2 heterocycles. The highest BCUT2D eigenvalue weighted by Gasteiger charge is 2.39. The molecule has 1 fully saturated rings. The number of anilines is 1. The van der Waals surface area contributed by atoms with Crippen molar-refractivity contribution in [1.29, 1.82) is 0 Å². The monoisotopic (exact) mass is 421 g/mol. The van der Waals surface area contributed by atoms with Gasteiger partial charge in [-0.05, 0) is 24.3 Å². The second-order valence-electron chi connectivity index (χ2n) is 6.72. The molecule has 1 aliphatic heterocycles. The molecule has 29 heavy (non-hydrogen) atoms. The second-order valence-corrected chi connectivity index (χ2v) is 8.61. The maximum atomic E-state index is 13.8. The molecule has 0 unspecified atom stereocenters. The van der Waals surface area contributed by atoms with E-state index in [0.717, 1.165) is 12.1 Å². The fraction of sp³-hybridized carbons (Fsp3) is 0.250. The normalized spacial score (nSPS) is 15.6. The Kier molecular flexibility index (Phi) is 4.95. The van der Waals surface area contributed by atoms with Crippen molar-refractivity contribution in [3.05, 3.63) is 60.3 Å². The van der Waals surface area contributed by atoms with Crippen LogP contribution in [0.2, 0.25) is 0 Å². The van der Waals surface area contributed by atoms with Crippen molar-refractivity contribution >= 4 is 26.4 Å². The maximum absolute atomic E-state index is 13.8. The molecule has 1 aliphatic rings. The average Bonchev–Trinajstić information content (AvgIpc) is 2.72. The van der Waals surface area contributed by atoms with Crippen LogP contribution in [-0.4, -0.2) is 39.6 Å². The van der Waals surface area contributed by atoms with Crippen molar-refractivity contribution in [2.24, 2.45) is 0 Å². The predicted octanol–water partition coefficient (Wildman–Crippen LogP) is 3.50. The molecule has 3 aromatic rings. The van der Waals surface area contributed by atoms with Gasteiger partial charge in [0, 0.05) is 37.8 Å². The van der Waals surface area contributed by atoms with Crippen molar-refractivity contribution in [3.63, 3.8) is 0 Å². The first-order valence-electron chi connectivity index (χ1n) is 9.05. The first-order chi connectivity index (χ1) is 13.8. The molecule has 0 radical (unpaired) electrons. The van der Waals surface area contributed by atoms with E-state index in [1.807, 2.05) is 0 Å². The van der Waals surface area contributed by atoms with Gasteiger partial charge in [0.15, 0.2) is 0 Å². The fourth-order valence-electron chi connectivity index (χ4n) is 3.59. The summed E-state index contributed by atoms with van der Waals surface area (Å²) in [4.78, 5) is 5.19. The molecule has 1 N–H and O–H groups in total. The van der Waals surface area contributed by atoms with Crippen LogP contribution in [0.4, 0.5) is 18.9 Å². The Morgan fingerprint density at radius 3 is 2.31 bits per heavy atom. The summed E-state index contributed by atoms with van der Waals surface area (Å²) in [5.74, 6) is 0. The van der Waals surface area contributed by atoms with Crippen LogP contribution < -0.4 is 10.2 Å². The molecule has 1 saturated heterocycles. The predicted molar refractivity (Wildman–Crippen MR) is 104 cm³/mol. The van der Waals surface area contributed by atoms with E-state index < -0.39 is 21.6 Å². The zero-order valence-electron chi connectivity index (χ0n) is 15.3. The highest BCUT2D eigenvalue weighted by atomic mass is 32.2. The lowest BCUT2D eigenvalue weighted by molar-refractivity contribution is -0.137. The Morgan fingerprint density at radius 2 is 1.59 bits per heavy atom. The molecule has 0 aliphatic carbocycles. The third-order valence-electron chi connectivity index (χ3n) is 4.91. The third-order valence-corrected chi connectivity index (χ3v) is 6.73. The van der Waals surface area contributed by atoms with E-state index in [4.69, 9.17) is 0 Å². The maximum Gasteiger partial charge on any atom is 0.418 e. The smallest absolute Gasteiger partial charge is 0.367 e. The summed E-state index contributed by atoms with van der Waals surface area (Å²) in [5.41, 5.74) is -1.01. The third kappa shape index (κ3) is 3.56. The molecule has 0 spiro atoms. The number of halogens is 3. The van der Waals surface area contributed by atoms with Gasteiger partial charge in [0.25, 0.3) is 0 Å². The van der Waals surface area contributed by atoms with E-state index in [2.05, 4.69) is 10.3 Å². The Bertz CT molecular complexity index is 1150. The van der Waals surface area contributed by atoms with Crippen LogP contribution in [0.1, 0.15) is 5.56 Å². The first kappa shape index (κ1) is 19.7. The Balaban J connectivity index is 1.98. The molecule has 0 amide bonds. The second kappa shape index (κ2) is 7.31. The number of aromatic nitrogens is 1. The first-order valence-corrected chi connectivity index (χ1v) is 10.5. The van der Waals surface area contributed by atoms with Crippen LogP contribution in [0.25, 0.3) is 10.9 Å². The number of alkyl halides is 3. The van der Waals surface area contributed by atoms with Crippen LogP contribution in [0, 0.1) is 0 Å². The van der Waals surface area contributed by atoms with Gasteiger partial charge in [0.1, 0.15) is 0 Å². The van der Waals surface area contributed by atoms with Crippen molar-refractivity contribution in [1.82, 2.24) is 10.3 Å². The quantitative estimate of drug-likeness (QED) is 0.702. The van der Waals surface area contributed by atoms with Crippen LogP contribution >= 0.6 is 0 Å². The number of nitrogens with one attached hydrogen (secondary N) is 1. The van der Waals surface area contributed by atoms with E-state index in [1.165, 1.54) is 23.2 Å². The van der Waals surface area contributed by atoms with Gasteiger partial charge in [-0.3, -0.25) is 4.98 Å². The van der Waals surface area contributed by atoms with Gasteiger partial charge in [-0.1, -0.05) is 24.3 Å². The minimum Gasteiger partial charge on any atom is -0.367 e. The van der Waals surface area contributed by atoms with Gasteiger partial charge in [-0.25, -0.2) is 8.42 Å². The lowest BCUT2D eigenvalue weighted by Crippen LogP contribution is -2.44. The number of piperazine rings is 1. The number of pyridine rings is 1. The number of rotatable bonds is 3. The minimum absolute atomic E-state index is 0.105. The summed E-state index contributed by atoms with van der Waals surface area (Å²) in [5, 5.41) is 3.68. The van der Waals surface area contributed by atoms with Crippen LogP contribution in [-0.2, 0) is 16.0 Å². The number of sulfone groups is 1. The van der Waals surface area contributed by atoms with Gasteiger partial charge in [0.2, 0.25) is 9.84 Å². The van der Waals surface area contributed by atoms with E-state index in [-0.39, 0.29) is 34.1 Å². The molecule has 2 aromatic carbocycles. The standard InChI is InChI=1S/C20H18F3N3O2S/c21-20(22,23)15-6-2-8-17(19(15)26-12-10-24-11-13-26)29(27,28)16-7-1-4-14-5-3-9-25-18(14)16/h1-9,24H,10-13H2. The summed E-state index contributed by atoms with van der Waals surface area (Å²) in [6, 6.07) is 11.4. The van der Waals surface area contributed by atoms with E-state index in [0.29, 0.717) is 18.5 Å². The lowest BCUT2D eigenvalue weighted by Gasteiger charge is -2.33. The Hall–Kier alpha value is -2.65. The highest BCUT2D eigenvalue weighted by molar-refractivity contribution is 7.92. The summed E-state index contributed by atoms with van der Waals surface area (Å²) in [6.45, 7) is 1.51. The van der Waals surface area contributed by atoms with E-state index in [9.17, 15) is 21.6 Å². The SMILES string of the molecule is O=S(=O)(c1cccc(C(F)(F)F)c1N1CCNCC1)c1cccc2cccnc12. The van der Waals surface area contributed by atoms with Crippen molar-refractivity contribution < 1.29 is 21.6 Å². The molecule has 0 atom stereocenters. The highest BCUT2D eigenvalue weighted by Crippen LogP contribution is 2.42. The van der Waals surface area contributed by atoms with Crippen molar-refractivity contribution in [3.8, 4) is 0 Å². The zero-order chi connectivity index (χ0) is 20.6. The van der Waals surface area contributed by atoms with Gasteiger partial charge < -0.3 is 10.2 Å². The molecule has 0 saturated carbocycles. The number of fused-ring (bicyclic) bond motifs is 1. The minimum atomic E-state index is -4.68. The molecule has 152 valence electrons. The lowest BCUT2D eigenvalue weighted by atomic mass is 10.1. The van der Waals surface area contributed by atoms with Crippen LogP contribution in [0.3, 0.4) is 0 Å². The van der Waals surface area contributed by atoms with Crippen molar-refractivity contribution in [2.75, 3.05) is 31.1 Å². The zero-order valence-corrected chi connectivity index (χ0v) is 16.1. The number of para-hydroxylation sites is 2. The summed E-state index contributed by atoms with van der Waals surface area (Å²) < 4.78 is 68.4. The Morgan fingerprint density at radius 1 is 0.931 bits per heavy atom. The molecule has 0 bridgehead atoms. The van der Waals surface area contributed by atoms with E-state index >= 15 is 0 Å². The largest absolute Gasteiger partial charge is 0.418 e. The molecular weight excluding hydrogens is 403 g/mol. The summed E-state index contributed by atoms with van der Waals surface area (Å²) in [6.07, 6.45) is -3.21. The van der Waals surface area contributed by atoms with Crippen molar-refractivity contribution in [2.45, 2.75) is 16.0 Å². The van der Waals surface area contributed by atoms with E-state index in [1.54, 1.807) is 24.3 Å². The number of benzene rings is 2. The number of hydrogen-bond donors (Lipinski definition) is 1.